The van der Waals surface area contributed by atoms with Gasteiger partial charge in [0.15, 0.2) is 5.78 Å². The number of rotatable bonds is 6. The van der Waals surface area contributed by atoms with Gasteiger partial charge in [0, 0.05) is 28.0 Å². The molecule has 0 saturated heterocycles. The summed E-state index contributed by atoms with van der Waals surface area (Å²) in [4.78, 5) is 27.1. The number of esters is 1. The molecule has 5 heteroatoms. The average molecular weight is 502 g/mol. The highest BCUT2D eigenvalue weighted by atomic mass is 16.5. The fourth-order valence-electron chi connectivity index (χ4n) is 5.54. The molecule has 0 bridgehead atoms. The van der Waals surface area contributed by atoms with Gasteiger partial charge in [-0.25, -0.2) is 4.79 Å². The molecule has 1 aliphatic heterocycles. The lowest BCUT2D eigenvalue weighted by Gasteiger charge is -2.30. The van der Waals surface area contributed by atoms with Crippen LogP contribution in [0.25, 0.3) is 16.5 Å². The van der Waals surface area contributed by atoms with Crippen LogP contribution in [0.4, 0.5) is 0 Å². The molecule has 188 valence electrons. The number of Topliss-reactive ketones (excluding diaryl/α,β-unsaturated/α-hetero) is 1. The number of ketones is 1. The van der Waals surface area contributed by atoms with Crippen molar-refractivity contribution in [2.24, 2.45) is 0 Å². The molecule has 0 unspecified atom stereocenters. The minimum atomic E-state index is -0.631. The summed E-state index contributed by atoms with van der Waals surface area (Å²) < 4.78 is 11.9. The van der Waals surface area contributed by atoms with E-state index in [1.165, 1.54) is 0 Å². The van der Waals surface area contributed by atoms with Crippen LogP contribution in [0, 0.1) is 0 Å². The van der Waals surface area contributed by atoms with Crippen LogP contribution in [0.5, 0.6) is 5.75 Å². The highest BCUT2D eigenvalue weighted by molar-refractivity contribution is 6.23. The molecule has 1 N–H and O–H groups in total. The van der Waals surface area contributed by atoms with Crippen molar-refractivity contribution in [3.8, 4) is 5.75 Å². The van der Waals surface area contributed by atoms with Crippen molar-refractivity contribution in [3.05, 3.63) is 130 Å². The Morgan fingerprint density at radius 3 is 2.42 bits per heavy atom. The first-order valence-corrected chi connectivity index (χ1v) is 12.8. The summed E-state index contributed by atoms with van der Waals surface area (Å²) in [6.45, 7) is 4.22. The van der Waals surface area contributed by atoms with E-state index in [0.29, 0.717) is 34.8 Å². The minimum Gasteiger partial charge on any atom is -0.489 e. The summed E-state index contributed by atoms with van der Waals surface area (Å²) in [6, 6.07) is 29.6. The summed E-state index contributed by atoms with van der Waals surface area (Å²) in [5, 5.41) is 5.62. The molecule has 38 heavy (non-hydrogen) atoms. The van der Waals surface area contributed by atoms with Gasteiger partial charge in [-0.1, -0.05) is 84.9 Å². The molecule has 4 aromatic carbocycles. The van der Waals surface area contributed by atoms with E-state index in [-0.39, 0.29) is 12.4 Å². The van der Waals surface area contributed by atoms with E-state index in [9.17, 15) is 9.59 Å². The smallest absolute Gasteiger partial charge is 0.336 e. The van der Waals surface area contributed by atoms with Gasteiger partial charge in [-0.05, 0) is 36.2 Å². The molecule has 0 fully saturated rings. The molecule has 1 aliphatic carbocycles. The molecule has 0 amide bonds. The largest absolute Gasteiger partial charge is 0.489 e. The maximum Gasteiger partial charge on any atom is 0.336 e. The summed E-state index contributed by atoms with van der Waals surface area (Å²) >= 11 is 0. The van der Waals surface area contributed by atoms with Crippen LogP contribution in [-0.4, -0.2) is 18.4 Å². The van der Waals surface area contributed by atoms with Crippen LogP contribution in [-0.2, 0) is 16.1 Å². The first kappa shape index (κ1) is 23.7. The summed E-state index contributed by atoms with van der Waals surface area (Å²) in [5.41, 5.74) is 5.66. The molecular formula is C33H27NO4. The maximum absolute atomic E-state index is 13.8. The van der Waals surface area contributed by atoms with Gasteiger partial charge in [0.05, 0.1) is 23.8 Å². The van der Waals surface area contributed by atoms with Gasteiger partial charge in [-0.15, -0.1) is 0 Å². The Kier molecular flexibility index (Phi) is 6.04. The monoisotopic (exact) mass is 501 g/mol. The number of nitrogens with one attached hydrogen (secondary N) is 1. The second-order valence-corrected chi connectivity index (χ2v) is 9.45. The van der Waals surface area contributed by atoms with Gasteiger partial charge in [0.2, 0.25) is 0 Å². The standard InChI is InChI=1S/C33H27NO4/c1-3-37-33(36)28-20(2)34-31-24-15-6-7-16-25(24)32(35)30(31)29(28)26-17-8-9-18-27(26)38-19-22-13-10-12-21-11-4-5-14-23(21)22/h4-18,29,34H,3,19H2,1-2H3/t29-/m0/s1. The average Bonchev–Trinajstić information content (AvgIpc) is 3.22. The second kappa shape index (κ2) is 9.67. The molecule has 6 rings (SSSR count). The van der Waals surface area contributed by atoms with Crippen LogP contribution in [0.2, 0.25) is 0 Å². The number of allylic oxidation sites excluding steroid dienone is 2. The van der Waals surface area contributed by atoms with E-state index >= 15 is 0 Å². The Labute approximate surface area is 221 Å². The number of hydrogen-bond donors (Lipinski definition) is 1. The molecular weight excluding hydrogens is 474 g/mol. The Hall–Kier alpha value is -4.64. The summed E-state index contributed by atoms with van der Waals surface area (Å²) in [6.07, 6.45) is 0. The van der Waals surface area contributed by atoms with Crippen molar-refractivity contribution in [1.82, 2.24) is 5.32 Å². The zero-order chi connectivity index (χ0) is 26.2. The molecule has 0 aromatic heterocycles. The number of hydrogen-bond acceptors (Lipinski definition) is 5. The second-order valence-electron chi connectivity index (χ2n) is 9.45. The fourth-order valence-corrected chi connectivity index (χ4v) is 5.54. The van der Waals surface area contributed by atoms with Crippen LogP contribution in [0.15, 0.2) is 108 Å². The lowest BCUT2D eigenvalue weighted by molar-refractivity contribution is -0.138. The van der Waals surface area contributed by atoms with Gasteiger partial charge in [-0.3, -0.25) is 4.79 Å². The van der Waals surface area contributed by atoms with E-state index in [0.717, 1.165) is 33.2 Å². The van der Waals surface area contributed by atoms with Crippen LogP contribution >= 0.6 is 0 Å². The van der Waals surface area contributed by atoms with Crippen molar-refractivity contribution in [2.75, 3.05) is 6.61 Å². The lowest BCUT2D eigenvalue weighted by atomic mass is 9.79. The van der Waals surface area contributed by atoms with Crippen molar-refractivity contribution >= 4 is 28.2 Å². The first-order valence-electron chi connectivity index (χ1n) is 12.8. The summed E-state index contributed by atoms with van der Waals surface area (Å²) in [5.74, 6) is -0.542. The van der Waals surface area contributed by atoms with Gasteiger partial charge in [0.25, 0.3) is 0 Å². The SMILES string of the molecule is CCOC(=O)C1=C(C)NC2=C(C(=O)c3ccccc32)[C@H]1c1ccccc1OCc1cccc2ccccc12. The number of dihydropyridines is 1. The molecule has 0 radical (unpaired) electrons. The van der Waals surface area contributed by atoms with Crippen molar-refractivity contribution < 1.29 is 19.1 Å². The molecule has 0 spiro atoms. The van der Waals surface area contributed by atoms with Crippen molar-refractivity contribution in [1.29, 1.82) is 0 Å². The van der Waals surface area contributed by atoms with Gasteiger partial charge in [-0.2, -0.15) is 0 Å². The van der Waals surface area contributed by atoms with E-state index in [1.54, 1.807) is 6.92 Å². The van der Waals surface area contributed by atoms with Gasteiger partial charge in [0.1, 0.15) is 12.4 Å². The number of benzene rings is 4. The topological polar surface area (TPSA) is 64.6 Å². The molecule has 2 aliphatic rings. The Morgan fingerprint density at radius 2 is 1.58 bits per heavy atom. The third kappa shape index (κ3) is 3.88. The Balaban J connectivity index is 1.45. The van der Waals surface area contributed by atoms with Crippen LogP contribution in [0.3, 0.4) is 0 Å². The third-order valence-corrected chi connectivity index (χ3v) is 7.24. The van der Waals surface area contributed by atoms with E-state index in [4.69, 9.17) is 9.47 Å². The van der Waals surface area contributed by atoms with E-state index in [1.807, 2.05) is 73.7 Å². The van der Waals surface area contributed by atoms with Gasteiger partial charge >= 0.3 is 5.97 Å². The lowest BCUT2D eigenvalue weighted by Crippen LogP contribution is -2.29. The highest BCUT2D eigenvalue weighted by Crippen LogP contribution is 2.48. The zero-order valence-electron chi connectivity index (χ0n) is 21.3. The third-order valence-electron chi connectivity index (χ3n) is 7.24. The molecule has 4 aromatic rings. The number of ether oxygens (including phenoxy) is 2. The number of para-hydroxylation sites is 1. The van der Waals surface area contributed by atoms with Crippen molar-refractivity contribution in [2.45, 2.75) is 26.4 Å². The fraction of sp³-hybridized carbons (Fsp3) is 0.152. The van der Waals surface area contributed by atoms with Gasteiger partial charge < -0.3 is 14.8 Å². The van der Waals surface area contributed by atoms with Crippen molar-refractivity contribution in [3.63, 3.8) is 0 Å². The molecule has 5 nitrogen and oxygen atoms in total. The normalized spacial score (nSPS) is 16.3. The molecule has 1 heterocycles. The Morgan fingerprint density at radius 1 is 0.868 bits per heavy atom. The number of carbonyl (C=O) groups is 2. The highest BCUT2D eigenvalue weighted by Gasteiger charge is 2.43. The number of fused-ring (bicyclic) bond motifs is 3. The quantitative estimate of drug-likeness (QED) is 0.304. The predicted molar refractivity (Wildman–Crippen MR) is 148 cm³/mol. The van der Waals surface area contributed by atoms with E-state index in [2.05, 4.69) is 29.6 Å². The number of carbonyl (C=O) groups excluding carboxylic acids is 2. The molecule has 0 saturated carbocycles. The van der Waals surface area contributed by atoms with Crippen LogP contribution < -0.4 is 10.1 Å². The van der Waals surface area contributed by atoms with E-state index < -0.39 is 11.9 Å². The zero-order valence-corrected chi connectivity index (χ0v) is 21.3. The maximum atomic E-state index is 13.8. The summed E-state index contributed by atoms with van der Waals surface area (Å²) in [7, 11) is 0. The Bertz CT molecular complexity index is 1660. The van der Waals surface area contributed by atoms with Crippen LogP contribution in [0.1, 0.15) is 46.8 Å². The molecule has 1 atom stereocenters. The first-order chi connectivity index (χ1) is 18.6. The predicted octanol–water partition coefficient (Wildman–Crippen LogP) is 6.55. The minimum absolute atomic E-state index is 0.0914.